The molecule has 2 rings (SSSR count). The average molecular weight is 196 g/mol. The quantitative estimate of drug-likeness (QED) is 0.736. The van der Waals surface area contributed by atoms with E-state index in [1.165, 1.54) is 19.3 Å². The first-order valence-electron chi connectivity index (χ1n) is 5.99. The van der Waals surface area contributed by atoms with Gasteiger partial charge in [0.1, 0.15) is 0 Å². The molecule has 0 radical (unpaired) electrons. The first-order valence-corrected chi connectivity index (χ1v) is 5.99. The van der Waals surface area contributed by atoms with Crippen molar-refractivity contribution in [1.29, 1.82) is 0 Å². The number of rotatable bonds is 2. The smallest absolute Gasteiger partial charge is 0.309 e. The number of aliphatic carboxylic acids is 1. The summed E-state index contributed by atoms with van der Waals surface area (Å²) in [6.07, 6.45) is 10.3. The number of hydrogen-bond donors (Lipinski definition) is 1. The van der Waals surface area contributed by atoms with Gasteiger partial charge in [0.2, 0.25) is 0 Å². The molecule has 1 N–H and O–H groups in total. The topological polar surface area (TPSA) is 37.3 Å². The van der Waals surface area contributed by atoms with Crippen LogP contribution in [0.25, 0.3) is 0 Å². The Labute approximate surface area is 85.7 Å². The fourth-order valence-electron chi connectivity index (χ4n) is 3.46. The molecule has 14 heavy (non-hydrogen) atoms. The summed E-state index contributed by atoms with van der Waals surface area (Å²) in [4.78, 5) is 11.4. The highest BCUT2D eigenvalue weighted by Gasteiger charge is 2.47. The van der Waals surface area contributed by atoms with Crippen LogP contribution in [0.1, 0.15) is 57.8 Å². The third-order valence-electron chi connectivity index (χ3n) is 4.31. The minimum Gasteiger partial charge on any atom is -0.481 e. The molecule has 0 bridgehead atoms. The summed E-state index contributed by atoms with van der Waals surface area (Å²) in [5.41, 5.74) is -0.319. The zero-order valence-corrected chi connectivity index (χ0v) is 8.80. The Morgan fingerprint density at radius 2 is 1.57 bits per heavy atom. The van der Waals surface area contributed by atoms with Crippen molar-refractivity contribution in [2.24, 2.45) is 11.3 Å². The Balaban J connectivity index is 2.12. The minimum absolute atomic E-state index is 0.319. The maximum atomic E-state index is 11.4. The van der Waals surface area contributed by atoms with E-state index >= 15 is 0 Å². The van der Waals surface area contributed by atoms with Crippen molar-refractivity contribution < 1.29 is 9.90 Å². The molecule has 0 atom stereocenters. The minimum atomic E-state index is -0.512. The van der Waals surface area contributed by atoms with Crippen LogP contribution < -0.4 is 0 Å². The molecule has 0 amide bonds. The van der Waals surface area contributed by atoms with Crippen LogP contribution in [-0.4, -0.2) is 11.1 Å². The first kappa shape index (κ1) is 10.0. The molecule has 2 nitrogen and oxygen atoms in total. The molecule has 0 aliphatic heterocycles. The third kappa shape index (κ3) is 1.55. The SMILES string of the molecule is O=C(O)C1(C2CCCCC2)CCCC1. The predicted octanol–water partition coefficient (Wildman–Crippen LogP) is 3.21. The van der Waals surface area contributed by atoms with Gasteiger partial charge in [-0.15, -0.1) is 0 Å². The van der Waals surface area contributed by atoms with E-state index in [9.17, 15) is 9.90 Å². The summed E-state index contributed by atoms with van der Waals surface area (Å²) in [7, 11) is 0. The number of hydrogen-bond acceptors (Lipinski definition) is 1. The molecule has 0 heterocycles. The van der Waals surface area contributed by atoms with Gasteiger partial charge < -0.3 is 5.11 Å². The number of carbonyl (C=O) groups is 1. The van der Waals surface area contributed by atoms with E-state index in [1.54, 1.807) is 0 Å². The van der Waals surface area contributed by atoms with E-state index in [4.69, 9.17) is 0 Å². The molecule has 0 saturated heterocycles. The van der Waals surface area contributed by atoms with E-state index in [2.05, 4.69) is 0 Å². The van der Waals surface area contributed by atoms with E-state index in [0.717, 1.165) is 38.5 Å². The predicted molar refractivity (Wildman–Crippen MR) is 55.1 cm³/mol. The van der Waals surface area contributed by atoms with Crippen molar-refractivity contribution in [3.05, 3.63) is 0 Å². The maximum absolute atomic E-state index is 11.4. The van der Waals surface area contributed by atoms with Gasteiger partial charge in [0.15, 0.2) is 0 Å². The largest absolute Gasteiger partial charge is 0.481 e. The lowest BCUT2D eigenvalue weighted by atomic mass is 9.67. The molecule has 2 aliphatic carbocycles. The van der Waals surface area contributed by atoms with Gasteiger partial charge in [-0.25, -0.2) is 0 Å². The highest BCUT2D eigenvalue weighted by Crippen LogP contribution is 2.49. The highest BCUT2D eigenvalue weighted by molar-refractivity contribution is 5.75. The molecule has 2 fully saturated rings. The van der Waals surface area contributed by atoms with Crippen LogP contribution in [0.5, 0.6) is 0 Å². The lowest BCUT2D eigenvalue weighted by Gasteiger charge is -2.36. The number of carboxylic acids is 1. The van der Waals surface area contributed by atoms with Crippen molar-refractivity contribution in [2.45, 2.75) is 57.8 Å². The molecule has 80 valence electrons. The zero-order chi connectivity index (χ0) is 10.0. The highest BCUT2D eigenvalue weighted by atomic mass is 16.4. The summed E-state index contributed by atoms with van der Waals surface area (Å²) >= 11 is 0. The van der Waals surface area contributed by atoms with Crippen molar-refractivity contribution in [1.82, 2.24) is 0 Å². The molecule has 0 aromatic carbocycles. The Morgan fingerprint density at radius 3 is 2.07 bits per heavy atom. The summed E-state index contributed by atoms with van der Waals surface area (Å²) in [5, 5.41) is 9.42. The average Bonchev–Trinajstić information content (AvgIpc) is 2.69. The van der Waals surface area contributed by atoms with Gasteiger partial charge in [-0.1, -0.05) is 32.1 Å². The molecule has 0 spiro atoms. The maximum Gasteiger partial charge on any atom is 0.309 e. The molecule has 0 aromatic heterocycles. The molecule has 2 heteroatoms. The summed E-state index contributed by atoms with van der Waals surface area (Å²) in [6, 6.07) is 0. The summed E-state index contributed by atoms with van der Waals surface area (Å²) < 4.78 is 0. The van der Waals surface area contributed by atoms with Crippen LogP contribution in [-0.2, 0) is 4.79 Å². The molecular formula is C12H20O2. The van der Waals surface area contributed by atoms with Gasteiger partial charge in [0, 0.05) is 0 Å². The van der Waals surface area contributed by atoms with E-state index in [-0.39, 0.29) is 5.41 Å². The Bertz CT molecular complexity index is 210. The van der Waals surface area contributed by atoms with Crippen LogP contribution in [0.4, 0.5) is 0 Å². The monoisotopic (exact) mass is 196 g/mol. The van der Waals surface area contributed by atoms with Crippen molar-refractivity contribution in [3.8, 4) is 0 Å². The molecule has 0 aromatic rings. The van der Waals surface area contributed by atoms with E-state index in [0.29, 0.717) is 5.92 Å². The van der Waals surface area contributed by atoms with Crippen LogP contribution in [0.3, 0.4) is 0 Å². The molecular weight excluding hydrogens is 176 g/mol. The van der Waals surface area contributed by atoms with Gasteiger partial charge in [0.05, 0.1) is 5.41 Å². The normalized spacial score (nSPS) is 27.7. The number of carboxylic acid groups (broad SMARTS) is 1. The summed E-state index contributed by atoms with van der Waals surface area (Å²) in [5.74, 6) is -0.0295. The summed E-state index contributed by atoms with van der Waals surface area (Å²) in [6.45, 7) is 0. The van der Waals surface area contributed by atoms with Crippen LogP contribution in [0.15, 0.2) is 0 Å². The van der Waals surface area contributed by atoms with E-state index < -0.39 is 5.97 Å². The third-order valence-corrected chi connectivity index (χ3v) is 4.31. The second-order valence-electron chi connectivity index (χ2n) is 5.00. The molecule has 2 aliphatic rings. The van der Waals surface area contributed by atoms with Gasteiger partial charge >= 0.3 is 5.97 Å². The second kappa shape index (κ2) is 3.92. The first-order chi connectivity index (χ1) is 6.76. The van der Waals surface area contributed by atoms with Crippen LogP contribution in [0.2, 0.25) is 0 Å². The van der Waals surface area contributed by atoms with Crippen molar-refractivity contribution in [2.75, 3.05) is 0 Å². The van der Waals surface area contributed by atoms with Crippen molar-refractivity contribution in [3.63, 3.8) is 0 Å². The molecule has 2 saturated carbocycles. The fourth-order valence-corrected chi connectivity index (χ4v) is 3.46. The fraction of sp³-hybridized carbons (Fsp3) is 0.917. The van der Waals surface area contributed by atoms with Crippen molar-refractivity contribution >= 4 is 5.97 Å². The van der Waals surface area contributed by atoms with Gasteiger partial charge in [0.25, 0.3) is 0 Å². The second-order valence-corrected chi connectivity index (χ2v) is 5.00. The van der Waals surface area contributed by atoms with Gasteiger partial charge in [-0.2, -0.15) is 0 Å². The Morgan fingerprint density at radius 1 is 1.00 bits per heavy atom. The lowest BCUT2D eigenvalue weighted by Crippen LogP contribution is -2.37. The van der Waals surface area contributed by atoms with Crippen LogP contribution >= 0.6 is 0 Å². The van der Waals surface area contributed by atoms with Gasteiger partial charge in [-0.05, 0) is 31.6 Å². The standard InChI is InChI=1S/C12H20O2/c13-11(14)12(8-4-5-9-12)10-6-2-1-3-7-10/h10H,1-9H2,(H,13,14). The lowest BCUT2D eigenvalue weighted by molar-refractivity contribution is -0.153. The Kier molecular flexibility index (Phi) is 2.80. The van der Waals surface area contributed by atoms with E-state index in [1.807, 2.05) is 0 Å². The van der Waals surface area contributed by atoms with Crippen LogP contribution in [0, 0.1) is 11.3 Å². The Hall–Kier alpha value is -0.530. The molecule has 0 unspecified atom stereocenters. The van der Waals surface area contributed by atoms with Gasteiger partial charge in [-0.3, -0.25) is 4.79 Å². The zero-order valence-electron chi connectivity index (χ0n) is 8.80.